The van der Waals surface area contributed by atoms with E-state index in [-0.39, 0.29) is 28.9 Å². The SMILES string of the molecule is CCN(C(=O)[C@@H](N)C(C)(C)C)C1CCS(=O)(=O)C1. The molecule has 0 aliphatic carbocycles. The Kier molecular flexibility index (Phi) is 4.43. The highest BCUT2D eigenvalue weighted by Gasteiger charge is 2.38. The molecule has 5 nitrogen and oxygen atoms in total. The first-order valence-corrected chi connectivity index (χ1v) is 8.17. The van der Waals surface area contributed by atoms with Crippen LogP contribution in [0.4, 0.5) is 0 Å². The maximum absolute atomic E-state index is 12.3. The minimum absolute atomic E-state index is 0.0729. The maximum atomic E-state index is 12.3. The van der Waals surface area contributed by atoms with Crippen LogP contribution in [0.2, 0.25) is 0 Å². The summed E-state index contributed by atoms with van der Waals surface area (Å²) < 4.78 is 23.0. The van der Waals surface area contributed by atoms with Crippen molar-refractivity contribution >= 4 is 15.7 Å². The molecule has 0 radical (unpaired) electrons. The third-order valence-corrected chi connectivity index (χ3v) is 5.22. The molecule has 1 rings (SSSR count). The molecule has 18 heavy (non-hydrogen) atoms. The van der Waals surface area contributed by atoms with E-state index in [2.05, 4.69) is 0 Å². The van der Waals surface area contributed by atoms with Crippen molar-refractivity contribution in [3.05, 3.63) is 0 Å². The van der Waals surface area contributed by atoms with E-state index < -0.39 is 15.9 Å². The van der Waals surface area contributed by atoms with Crippen LogP contribution in [0.1, 0.15) is 34.1 Å². The molecule has 106 valence electrons. The lowest BCUT2D eigenvalue weighted by molar-refractivity contribution is -0.136. The standard InChI is InChI=1S/C12H24N2O3S/c1-5-14(9-6-7-18(16,17)8-9)11(15)10(13)12(2,3)4/h9-10H,5-8,13H2,1-4H3/t9?,10-/m1/s1. The lowest BCUT2D eigenvalue weighted by atomic mass is 9.86. The summed E-state index contributed by atoms with van der Waals surface area (Å²) in [6.45, 7) is 8.10. The number of carbonyl (C=O) groups excluding carboxylic acids is 1. The Morgan fingerprint density at radius 2 is 2.00 bits per heavy atom. The van der Waals surface area contributed by atoms with E-state index in [0.29, 0.717) is 13.0 Å². The van der Waals surface area contributed by atoms with Crippen LogP contribution in [0.5, 0.6) is 0 Å². The Labute approximate surface area is 110 Å². The van der Waals surface area contributed by atoms with Crippen LogP contribution >= 0.6 is 0 Å². The van der Waals surface area contributed by atoms with Gasteiger partial charge in [-0.3, -0.25) is 4.79 Å². The van der Waals surface area contributed by atoms with Crippen molar-refractivity contribution in [1.82, 2.24) is 4.90 Å². The summed E-state index contributed by atoms with van der Waals surface area (Å²) in [6.07, 6.45) is 0.527. The summed E-state index contributed by atoms with van der Waals surface area (Å²) in [5.74, 6) is 0.0995. The molecule has 1 unspecified atom stereocenters. The average Bonchev–Trinajstić information content (AvgIpc) is 2.57. The highest BCUT2D eigenvalue weighted by Crippen LogP contribution is 2.23. The fourth-order valence-electron chi connectivity index (χ4n) is 2.16. The normalized spacial score (nSPS) is 24.8. The van der Waals surface area contributed by atoms with Crippen molar-refractivity contribution in [3.8, 4) is 0 Å². The van der Waals surface area contributed by atoms with Gasteiger partial charge in [-0.2, -0.15) is 0 Å². The molecule has 6 heteroatoms. The van der Waals surface area contributed by atoms with Gasteiger partial charge in [-0.15, -0.1) is 0 Å². The summed E-state index contributed by atoms with van der Waals surface area (Å²) in [4.78, 5) is 14.0. The third kappa shape index (κ3) is 3.45. The van der Waals surface area contributed by atoms with Gasteiger partial charge in [0.25, 0.3) is 0 Å². The van der Waals surface area contributed by atoms with Gasteiger partial charge in [0.15, 0.2) is 9.84 Å². The zero-order valence-corrected chi connectivity index (χ0v) is 12.5. The lowest BCUT2D eigenvalue weighted by Gasteiger charge is -2.34. The number of rotatable bonds is 3. The van der Waals surface area contributed by atoms with Crippen LogP contribution in [-0.2, 0) is 14.6 Å². The lowest BCUT2D eigenvalue weighted by Crippen LogP contribution is -2.53. The Morgan fingerprint density at radius 1 is 1.44 bits per heavy atom. The molecular weight excluding hydrogens is 252 g/mol. The fraction of sp³-hybridized carbons (Fsp3) is 0.917. The van der Waals surface area contributed by atoms with Crippen molar-refractivity contribution in [2.24, 2.45) is 11.1 Å². The second-order valence-electron chi connectivity index (χ2n) is 6.02. The van der Waals surface area contributed by atoms with E-state index in [1.54, 1.807) is 4.90 Å². The number of nitrogens with zero attached hydrogens (tertiary/aromatic N) is 1. The Morgan fingerprint density at radius 3 is 2.33 bits per heavy atom. The zero-order valence-electron chi connectivity index (χ0n) is 11.6. The number of likely N-dealkylation sites (N-methyl/N-ethyl adjacent to an activating group) is 1. The summed E-state index contributed by atoms with van der Waals surface area (Å²) in [6, 6.07) is -0.804. The van der Waals surface area contributed by atoms with E-state index >= 15 is 0 Å². The van der Waals surface area contributed by atoms with Crippen molar-refractivity contribution in [1.29, 1.82) is 0 Å². The molecule has 0 aromatic carbocycles. The highest BCUT2D eigenvalue weighted by molar-refractivity contribution is 7.91. The Balaban J connectivity index is 2.82. The molecule has 0 aromatic rings. The molecule has 1 heterocycles. The molecule has 0 aromatic heterocycles. The number of amides is 1. The van der Waals surface area contributed by atoms with E-state index in [0.717, 1.165) is 0 Å². The van der Waals surface area contributed by atoms with Gasteiger partial charge < -0.3 is 10.6 Å². The monoisotopic (exact) mass is 276 g/mol. The average molecular weight is 276 g/mol. The predicted octanol–water partition coefficient (Wildman–Crippen LogP) is 0.395. The number of hydrogen-bond donors (Lipinski definition) is 1. The van der Waals surface area contributed by atoms with Gasteiger partial charge in [0.2, 0.25) is 5.91 Å². The van der Waals surface area contributed by atoms with Gasteiger partial charge in [0.1, 0.15) is 0 Å². The quantitative estimate of drug-likeness (QED) is 0.809. The van der Waals surface area contributed by atoms with Crippen LogP contribution < -0.4 is 5.73 Å². The first kappa shape index (κ1) is 15.4. The molecule has 0 bridgehead atoms. The number of hydrogen-bond acceptors (Lipinski definition) is 4. The molecule has 2 N–H and O–H groups in total. The maximum Gasteiger partial charge on any atom is 0.240 e. The minimum atomic E-state index is -2.98. The summed E-state index contributed by atoms with van der Waals surface area (Å²) in [7, 11) is -2.98. The Bertz CT molecular complexity index is 412. The van der Waals surface area contributed by atoms with Crippen molar-refractivity contribution in [2.45, 2.75) is 46.2 Å². The predicted molar refractivity (Wildman–Crippen MR) is 71.9 cm³/mol. The molecule has 1 saturated heterocycles. The first-order chi connectivity index (χ1) is 8.08. The van der Waals surface area contributed by atoms with Crippen molar-refractivity contribution < 1.29 is 13.2 Å². The van der Waals surface area contributed by atoms with Gasteiger partial charge in [-0.1, -0.05) is 20.8 Å². The molecule has 1 fully saturated rings. The molecule has 2 atom stereocenters. The van der Waals surface area contributed by atoms with E-state index in [9.17, 15) is 13.2 Å². The van der Waals surface area contributed by atoms with E-state index in [1.165, 1.54) is 0 Å². The van der Waals surface area contributed by atoms with Crippen LogP contribution in [0.15, 0.2) is 0 Å². The van der Waals surface area contributed by atoms with Gasteiger partial charge >= 0.3 is 0 Å². The number of sulfone groups is 1. The first-order valence-electron chi connectivity index (χ1n) is 6.35. The number of nitrogens with two attached hydrogens (primary N) is 1. The molecule has 1 amide bonds. The van der Waals surface area contributed by atoms with E-state index in [1.807, 2.05) is 27.7 Å². The second kappa shape index (κ2) is 5.17. The van der Waals surface area contributed by atoms with Crippen molar-refractivity contribution in [3.63, 3.8) is 0 Å². The topological polar surface area (TPSA) is 80.5 Å². The van der Waals surface area contributed by atoms with Crippen LogP contribution in [0.25, 0.3) is 0 Å². The second-order valence-corrected chi connectivity index (χ2v) is 8.25. The largest absolute Gasteiger partial charge is 0.338 e. The molecule has 0 saturated carbocycles. The molecule has 1 aliphatic rings. The Hall–Kier alpha value is -0.620. The van der Waals surface area contributed by atoms with Gasteiger partial charge in [0.05, 0.1) is 17.5 Å². The van der Waals surface area contributed by atoms with Gasteiger partial charge in [-0.05, 0) is 18.8 Å². The molecule has 1 aliphatic heterocycles. The third-order valence-electron chi connectivity index (χ3n) is 3.47. The zero-order chi connectivity index (χ0) is 14.1. The minimum Gasteiger partial charge on any atom is -0.338 e. The fourth-order valence-corrected chi connectivity index (χ4v) is 3.89. The summed E-state index contributed by atoms with van der Waals surface area (Å²) in [5, 5.41) is 0. The van der Waals surface area contributed by atoms with Crippen LogP contribution in [0.3, 0.4) is 0 Å². The molecular formula is C12H24N2O3S. The molecule has 0 spiro atoms. The van der Waals surface area contributed by atoms with Crippen LogP contribution in [0, 0.1) is 5.41 Å². The van der Waals surface area contributed by atoms with Crippen LogP contribution in [-0.4, -0.2) is 49.4 Å². The highest BCUT2D eigenvalue weighted by atomic mass is 32.2. The van der Waals surface area contributed by atoms with Gasteiger partial charge in [0, 0.05) is 12.6 Å². The number of carbonyl (C=O) groups is 1. The summed E-state index contributed by atoms with van der Waals surface area (Å²) in [5.41, 5.74) is 5.65. The van der Waals surface area contributed by atoms with Gasteiger partial charge in [-0.25, -0.2) is 8.42 Å². The summed E-state index contributed by atoms with van der Waals surface area (Å²) >= 11 is 0. The van der Waals surface area contributed by atoms with Crippen molar-refractivity contribution in [2.75, 3.05) is 18.1 Å². The smallest absolute Gasteiger partial charge is 0.240 e. The van der Waals surface area contributed by atoms with E-state index in [4.69, 9.17) is 5.73 Å².